The van der Waals surface area contributed by atoms with Crippen LogP contribution < -0.4 is 4.74 Å². The van der Waals surface area contributed by atoms with Gasteiger partial charge in [-0.05, 0) is 6.26 Å². The first kappa shape index (κ1) is 8.13. The van der Waals surface area contributed by atoms with Crippen molar-refractivity contribution in [3.8, 4) is 5.75 Å². The second kappa shape index (κ2) is 4.02. The second-order valence-corrected chi connectivity index (χ2v) is 2.71. The highest BCUT2D eigenvalue weighted by Gasteiger charge is 2.02. The van der Waals surface area contributed by atoms with Crippen LogP contribution in [0.2, 0.25) is 0 Å². The summed E-state index contributed by atoms with van der Waals surface area (Å²) in [5.41, 5.74) is 0. The Balaban J connectivity index is 2.37. The summed E-state index contributed by atoms with van der Waals surface area (Å²) in [6.07, 6.45) is 4.83. The molecule has 60 valence electrons. The molecule has 0 saturated heterocycles. The van der Waals surface area contributed by atoms with E-state index in [1.54, 1.807) is 0 Å². The van der Waals surface area contributed by atoms with Crippen molar-refractivity contribution in [3.05, 3.63) is 12.4 Å². The van der Waals surface area contributed by atoms with Gasteiger partial charge in [-0.15, -0.1) is 0 Å². The maximum atomic E-state index is 10.8. The van der Waals surface area contributed by atoms with E-state index in [9.17, 15) is 4.79 Å². The predicted molar refractivity (Wildman–Crippen MR) is 42.6 cm³/mol. The fourth-order valence-electron chi connectivity index (χ4n) is 0.574. The molecule has 1 aromatic rings. The van der Waals surface area contributed by atoms with Crippen molar-refractivity contribution >= 4 is 17.7 Å². The molecular formula is C6H8N2O2S. The molecule has 11 heavy (non-hydrogen) atoms. The number of rotatable bonds is 3. The third-order valence-corrected chi connectivity index (χ3v) is 1.49. The maximum Gasteiger partial charge on any atom is 0.321 e. The maximum absolute atomic E-state index is 10.8. The van der Waals surface area contributed by atoms with Crippen LogP contribution >= 0.6 is 11.8 Å². The first-order valence-corrected chi connectivity index (χ1v) is 4.40. The van der Waals surface area contributed by atoms with E-state index >= 15 is 0 Å². The zero-order chi connectivity index (χ0) is 8.10. The van der Waals surface area contributed by atoms with Gasteiger partial charge in [0, 0.05) is 0 Å². The van der Waals surface area contributed by atoms with Crippen LogP contribution in [0.15, 0.2) is 12.4 Å². The molecule has 0 aliphatic carbocycles. The molecule has 0 aliphatic heterocycles. The predicted octanol–water partition coefficient (Wildman–Crippen LogP) is 0.678. The van der Waals surface area contributed by atoms with Gasteiger partial charge in [0.15, 0.2) is 5.75 Å². The van der Waals surface area contributed by atoms with Crippen molar-refractivity contribution in [2.75, 3.05) is 12.0 Å². The number of carbonyl (C=O) groups excluding carboxylic acids is 1. The average molecular weight is 172 g/mol. The summed E-state index contributed by atoms with van der Waals surface area (Å²) in [5.74, 6) is 0.577. The summed E-state index contributed by atoms with van der Waals surface area (Å²) in [4.78, 5) is 10.8. The molecule has 4 nitrogen and oxygen atoms in total. The van der Waals surface area contributed by atoms with Gasteiger partial charge in [0.1, 0.15) is 0 Å². The van der Waals surface area contributed by atoms with Crippen molar-refractivity contribution in [2.45, 2.75) is 0 Å². The highest BCUT2D eigenvalue weighted by Crippen LogP contribution is 2.05. The number of hydrogen-bond acceptors (Lipinski definition) is 4. The fraction of sp³-hybridized carbons (Fsp3) is 0.333. The molecule has 1 N–H and O–H groups in total. The lowest BCUT2D eigenvalue weighted by Gasteiger charge is -1.96. The SMILES string of the molecule is CSCC(=O)Oc1cn[nH]c1. The molecule has 0 atom stereocenters. The molecule has 0 aromatic carbocycles. The molecule has 0 fully saturated rings. The summed E-state index contributed by atoms with van der Waals surface area (Å²) in [5, 5.41) is 6.17. The highest BCUT2D eigenvalue weighted by molar-refractivity contribution is 7.99. The van der Waals surface area contributed by atoms with E-state index in [-0.39, 0.29) is 5.97 Å². The Morgan fingerprint density at radius 3 is 3.27 bits per heavy atom. The summed E-state index contributed by atoms with van der Waals surface area (Å²) < 4.78 is 4.84. The smallest absolute Gasteiger partial charge is 0.321 e. The van der Waals surface area contributed by atoms with Crippen LogP contribution in [0.4, 0.5) is 0 Å². The Labute approximate surface area is 68.3 Å². The first-order chi connectivity index (χ1) is 5.33. The van der Waals surface area contributed by atoms with Gasteiger partial charge in [-0.2, -0.15) is 16.9 Å². The number of esters is 1. The molecule has 0 amide bonds. The normalized spacial score (nSPS) is 9.55. The molecule has 0 aliphatic rings. The van der Waals surface area contributed by atoms with Crippen LogP contribution in [0.1, 0.15) is 0 Å². The Bertz CT molecular complexity index is 222. The standard InChI is InChI=1S/C6H8N2O2S/c1-11-4-6(9)10-5-2-7-8-3-5/h2-3H,4H2,1H3,(H,7,8). The number of nitrogens with one attached hydrogen (secondary N) is 1. The minimum atomic E-state index is -0.251. The zero-order valence-electron chi connectivity index (χ0n) is 6.03. The molecule has 0 bridgehead atoms. The van der Waals surface area contributed by atoms with Crippen molar-refractivity contribution in [1.82, 2.24) is 10.2 Å². The average Bonchev–Trinajstić information content (AvgIpc) is 2.40. The van der Waals surface area contributed by atoms with E-state index in [0.29, 0.717) is 11.5 Å². The molecule has 1 aromatic heterocycles. The number of aromatic nitrogens is 2. The van der Waals surface area contributed by atoms with E-state index in [4.69, 9.17) is 4.74 Å². The summed E-state index contributed by atoms with van der Waals surface area (Å²) in [6.45, 7) is 0. The van der Waals surface area contributed by atoms with Crippen LogP contribution in [0.25, 0.3) is 0 Å². The van der Waals surface area contributed by atoms with Crippen LogP contribution in [0, 0.1) is 0 Å². The Morgan fingerprint density at radius 1 is 1.91 bits per heavy atom. The van der Waals surface area contributed by atoms with Crippen molar-refractivity contribution in [3.63, 3.8) is 0 Å². The van der Waals surface area contributed by atoms with Gasteiger partial charge >= 0.3 is 5.97 Å². The van der Waals surface area contributed by atoms with Crippen molar-refractivity contribution < 1.29 is 9.53 Å². The Kier molecular flexibility index (Phi) is 2.97. The van der Waals surface area contributed by atoms with Gasteiger partial charge in [-0.25, -0.2) is 0 Å². The second-order valence-electron chi connectivity index (χ2n) is 1.84. The summed E-state index contributed by atoms with van der Waals surface area (Å²) in [6, 6.07) is 0. The van der Waals surface area contributed by atoms with Gasteiger partial charge in [0.05, 0.1) is 18.1 Å². The number of carbonyl (C=O) groups is 1. The zero-order valence-corrected chi connectivity index (χ0v) is 6.85. The molecule has 0 spiro atoms. The van der Waals surface area contributed by atoms with Crippen LogP contribution in [0.5, 0.6) is 5.75 Å². The van der Waals surface area contributed by atoms with E-state index in [0.717, 1.165) is 0 Å². The van der Waals surface area contributed by atoms with Gasteiger partial charge < -0.3 is 4.74 Å². The number of nitrogens with zero attached hydrogens (tertiary/aromatic N) is 1. The molecule has 0 saturated carbocycles. The summed E-state index contributed by atoms with van der Waals surface area (Å²) >= 11 is 1.43. The topological polar surface area (TPSA) is 55.0 Å². The van der Waals surface area contributed by atoms with Gasteiger partial charge in [-0.1, -0.05) is 0 Å². The van der Waals surface area contributed by atoms with E-state index in [1.807, 2.05) is 6.26 Å². The third kappa shape index (κ3) is 2.63. The monoisotopic (exact) mass is 172 g/mol. The quantitative estimate of drug-likeness (QED) is 0.681. The lowest BCUT2D eigenvalue weighted by atomic mass is 10.6. The number of H-pyrrole nitrogens is 1. The molecule has 1 rings (SSSR count). The Morgan fingerprint density at radius 2 is 2.73 bits per heavy atom. The third-order valence-electron chi connectivity index (χ3n) is 0.967. The van der Waals surface area contributed by atoms with Gasteiger partial charge in [0.2, 0.25) is 0 Å². The number of thioether (sulfide) groups is 1. The first-order valence-electron chi connectivity index (χ1n) is 3.01. The fourth-order valence-corrected chi connectivity index (χ4v) is 0.868. The molecule has 0 radical (unpaired) electrons. The minimum Gasteiger partial charge on any atom is -0.423 e. The highest BCUT2D eigenvalue weighted by atomic mass is 32.2. The van der Waals surface area contributed by atoms with E-state index in [2.05, 4.69) is 10.2 Å². The molecule has 0 unspecified atom stereocenters. The molecule has 1 heterocycles. The van der Waals surface area contributed by atoms with E-state index in [1.165, 1.54) is 24.2 Å². The Hall–Kier alpha value is -0.970. The summed E-state index contributed by atoms with van der Waals surface area (Å²) in [7, 11) is 0. The number of aromatic amines is 1. The lowest BCUT2D eigenvalue weighted by molar-refractivity contribution is -0.131. The largest absolute Gasteiger partial charge is 0.423 e. The number of ether oxygens (including phenoxy) is 1. The van der Waals surface area contributed by atoms with Crippen molar-refractivity contribution in [1.29, 1.82) is 0 Å². The molecular weight excluding hydrogens is 164 g/mol. The van der Waals surface area contributed by atoms with Gasteiger partial charge in [-0.3, -0.25) is 9.89 Å². The lowest BCUT2D eigenvalue weighted by Crippen LogP contribution is -2.09. The van der Waals surface area contributed by atoms with E-state index < -0.39 is 0 Å². The van der Waals surface area contributed by atoms with Crippen molar-refractivity contribution in [2.24, 2.45) is 0 Å². The molecule has 5 heteroatoms. The van der Waals surface area contributed by atoms with Gasteiger partial charge in [0.25, 0.3) is 0 Å². The van der Waals surface area contributed by atoms with Crippen LogP contribution in [0.3, 0.4) is 0 Å². The number of hydrogen-bond donors (Lipinski definition) is 1. The minimum absolute atomic E-state index is 0.251. The van der Waals surface area contributed by atoms with Crippen LogP contribution in [-0.4, -0.2) is 28.2 Å². The van der Waals surface area contributed by atoms with Crippen LogP contribution in [-0.2, 0) is 4.79 Å².